The lowest BCUT2D eigenvalue weighted by molar-refractivity contribution is 0.0992. The average molecular weight is 450 g/mol. The van der Waals surface area contributed by atoms with Crippen LogP contribution in [0.15, 0.2) is 84.9 Å². The number of hydrogen-bond acceptors (Lipinski definition) is 3. The molecule has 0 saturated carbocycles. The van der Waals surface area contributed by atoms with E-state index in [2.05, 4.69) is 10.6 Å². The van der Waals surface area contributed by atoms with Crippen molar-refractivity contribution in [2.24, 2.45) is 11.5 Å². The van der Waals surface area contributed by atoms with Crippen LogP contribution in [0.3, 0.4) is 0 Å². The fraction of sp³-hybridized carbons (Fsp3) is 0.0714. The van der Waals surface area contributed by atoms with Gasteiger partial charge in [0.25, 0.3) is 0 Å². The maximum atomic E-state index is 12.2. The third-order valence-electron chi connectivity index (χ3n) is 6.13. The number of nitrogens with zero attached hydrogens (tertiary/aromatic N) is 1. The summed E-state index contributed by atoms with van der Waals surface area (Å²) in [5, 5.41) is 1.75. The molecular weight excluding hydrogens is 426 g/mol. The summed E-state index contributed by atoms with van der Waals surface area (Å²) < 4.78 is 7.43. The Balaban J connectivity index is 1.75. The Morgan fingerprint density at radius 1 is 0.794 bits per heavy atom. The van der Waals surface area contributed by atoms with Gasteiger partial charge in [-0.05, 0) is 59.2 Å². The number of rotatable bonds is 6. The van der Waals surface area contributed by atoms with Gasteiger partial charge in [0.05, 0.1) is 18.1 Å². The Kier molecular flexibility index (Phi) is 5.26. The lowest BCUT2D eigenvalue weighted by Gasteiger charge is -2.10. The van der Waals surface area contributed by atoms with E-state index in [1.807, 2.05) is 60.7 Å². The first-order valence-electron chi connectivity index (χ1n) is 10.8. The van der Waals surface area contributed by atoms with Gasteiger partial charge in [0, 0.05) is 28.4 Å². The van der Waals surface area contributed by atoms with Crippen LogP contribution in [-0.4, -0.2) is 23.5 Å². The molecule has 0 spiro atoms. The molecule has 0 aliphatic heterocycles. The van der Waals surface area contributed by atoms with Gasteiger partial charge in [0.1, 0.15) is 5.75 Å². The third-order valence-corrected chi connectivity index (χ3v) is 6.13. The Morgan fingerprint density at radius 2 is 1.53 bits per heavy atom. The van der Waals surface area contributed by atoms with Crippen LogP contribution in [0, 0.1) is 0 Å². The first kappa shape index (κ1) is 21.3. The quantitative estimate of drug-likeness (QED) is 0.392. The van der Waals surface area contributed by atoms with Crippen molar-refractivity contribution in [1.29, 1.82) is 0 Å². The normalized spacial score (nSPS) is 11.1. The average Bonchev–Trinajstić information content (AvgIpc) is 3.17. The summed E-state index contributed by atoms with van der Waals surface area (Å²) in [6.07, 6.45) is 0. The van der Waals surface area contributed by atoms with Crippen molar-refractivity contribution in [2.75, 3.05) is 7.11 Å². The van der Waals surface area contributed by atoms with Crippen molar-refractivity contribution < 1.29 is 14.3 Å². The van der Waals surface area contributed by atoms with Crippen molar-refractivity contribution in [1.82, 2.24) is 4.57 Å². The maximum Gasteiger partial charge on any atom is 0.249 e. The van der Waals surface area contributed by atoms with E-state index in [-0.39, 0.29) is 0 Å². The lowest BCUT2D eigenvalue weighted by Crippen LogP contribution is -2.12. The number of hydrogen-bond donors (Lipinski definition) is 2. The van der Waals surface area contributed by atoms with Crippen LogP contribution in [0.1, 0.15) is 26.3 Å². The van der Waals surface area contributed by atoms with Crippen molar-refractivity contribution in [3.63, 3.8) is 0 Å². The molecule has 1 aromatic heterocycles. The van der Waals surface area contributed by atoms with Crippen LogP contribution < -0.4 is 16.2 Å². The highest BCUT2D eigenvalue weighted by atomic mass is 16.5. The first-order chi connectivity index (χ1) is 16.5. The number of nitrogens with two attached hydrogens (primary N) is 2. The van der Waals surface area contributed by atoms with Crippen LogP contribution in [0.25, 0.3) is 32.9 Å². The third kappa shape index (κ3) is 3.65. The largest absolute Gasteiger partial charge is 0.497 e. The molecule has 5 aromatic rings. The second-order valence-electron chi connectivity index (χ2n) is 8.18. The Morgan fingerprint density at radius 3 is 2.24 bits per heavy atom. The highest BCUT2D eigenvalue weighted by molar-refractivity contribution is 6.18. The summed E-state index contributed by atoms with van der Waals surface area (Å²) in [4.78, 5) is 23.9. The second-order valence-corrected chi connectivity index (χ2v) is 8.18. The maximum absolute atomic E-state index is 12.2. The summed E-state index contributed by atoms with van der Waals surface area (Å²) >= 11 is 0. The minimum absolute atomic E-state index is 0.454. The molecule has 0 radical (unpaired) electrons. The topological polar surface area (TPSA) is 100 Å². The van der Waals surface area contributed by atoms with Crippen LogP contribution in [0.2, 0.25) is 0 Å². The van der Waals surface area contributed by atoms with Gasteiger partial charge in [0.2, 0.25) is 11.8 Å². The van der Waals surface area contributed by atoms with Gasteiger partial charge >= 0.3 is 0 Å². The van der Waals surface area contributed by atoms with Gasteiger partial charge in [-0.3, -0.25) is 9.59 Å². The fourth-order valence-electron chi connectivity index (χ4n) is 4.49. The molecule has 168 valence electrons. The number of carbonyl (C=O) groups is 2. The van der Waals surface area contributed by atoms with Gasteiger partial charge in [-0.2, -0.15) is 0 Å². The van der Waals surface area contributed by atoms with Gasteiger partial charge in [-0.1, -0.05) is 42.5 Å². The summed E-state index contributed by atoms with van der Waals surface area (Å²) in [6, 6.07) is 26.9. The van der Waals surface area contributed by atoms with E-state index >= 15 is 0 Å². The molecule has 5 rings (SSSR count). The van der Waals surface area contributed by atoms with Crippen LogP contribution >= 0.6 is 0 Å². The Labute approximate surface area is 196 Å². The molecule has 0 aliphatic rings. The molecule has 0 fully saturated rings. The Bertz CT molecular complexity index is 1570. The lowest BCUT2D eigenvalue weighted by atomic mass is 10.0. The summed E-state index contributed by atoms with van der Waals surface area (Å²) in [5.41, 5.74) is 17.0. The van der Waals surface area contributed by atoms with E-state index in [1.54, 1.807) is 25.3 Å². The molecule has 0 unspecified atom stereocenters. The summed E-state index contributed by atoms with van der Waals surface area (Å²) in [6.45, 7) is 0.495. The highest BCUT2D eigenvalue weighted by Gasteiger charge is 2.17. The molecule has 34 heavy (non-hydrogen) atoms. The minimum Gasteiger partial charge on any atom is -0.497 e. The fourth-order valence-corrected chi connectivity index (χ4v) is 4.49. The van der Waals surface area contributed by atoms with Crippen molar-refractivity contribution in [2.45, 2.75) is 6.54 Å². The number of methoxy groups -OCH3 is 1. The standard InChI is InChI=1S/C28H23N3O3/c1-34-21-11-8-18(9-12-21)19-10-13-22-25(15-19)31(16-17-4-2-5-20(14-17)27(29)32)24-7-3-6-23(26(22)24)28(30)33/h2-15H,16H2,1H3,(H2,29,32)(H2,30,33). The molecule has 6 heteroatoms. The predicted octanol–water partition coefficient (Wildman–Crippen LogP) is 4.72. The van der Waals surface area contributed by atoms with E-state index in [0.717, 1.165) is 44.2 Å². The van der Waals surface area contributed by atoms with Gasteiger partial charge < -0.3 is 20.8 Å². The highest BCUT2D eigenvalue weighted by Crippen LogP contribution is 2.35. The first-order valence-corrected chi connectivity index (χ1v) is 10.8. The number of primary amides is 2. The SMILES string of the molecule is COc1ccc(-c2ccc3c4c(C(N)=O)cccc4n(Cc4cccc(C(N)=O)c4)c3c2)cc1. The van der Waals surface area contributed by atoms with Gasteiger partial charge in [-0.15, -0.1) is 0 Å². The number of amides is 2. The van der Waals surface area contributed by atoms with Gasteiger partial charge in [0.15, 0.2) is 0 Å². The van der Waals surface area contributed by atoms with Crippen LogP contribution in [0.5, 0.6) is 5.75 Å². The zero-order valence-electron chi connectivity index (χ0n) is 18.6. The molecule has 0 bridgehead atoms. The molecule has 0 aliphatic carbocycles. The molecule has 1 heterocycles. The van der Waals surface area contributed by atoms with Crippen LogP contribution in [-0.2, 0) is 6.54 Å². The van der Waals surface area contributed by atoms with E-state index in [0.29, 0.717) is 17.7 Å². The van der Waals surface area contributed by atoms with E-state index in [9.17, 15) is 9.59 Å². The van der Waals surface area contributed by atoms with E-state index < -0.39 is 11.8 Å². The number of carbonyl (C=O) groups excluding carboxylic acids is 2. The molecule has 0 saturated heterocycles. The summed E-state index contributed by atoms with van der Waals surface area (Å²) in [7, 11) is 1.64. The van der Waals surface area contributed by atoms with Crippen molar-refractivity contribution in [3.8, 4) is 16.9 Å². The number of benzene rings is 4. The number of fused-ring (bicyclic) bond motifs is 3. The number of ether oxygens (including phenoxy) is 1. The van der Waals surface area contributed by atoms with Gasteiger partial charge in [-0.25, -0.2) is 0 Å². The smallest absolute Gasteiger partial charge is 0.249 e. The zero-order chi connectivity index (χ0) is 23.8. The molecule has 6 nitrogen and oxygen atoms in total. The van der Waals surface area contributed by atoms with E-state index in [4.69, 9.17) is 16.2 Å². The summed E-state index contributed by atoms with van der Waals surface area (Å²) in [5.74, 6) is -0.152. The Hall–Kier alpha value is -4.58. The van der Waals surface area contributed by atoms with E-state index in [1.165, 1.54) is 0 Å². The molecule has 4 aromatic carbocycles. The zero-order valence-corrected chi connectivity index (χ0v) is 18.6. The number of aromatic nitrogens is 1. The predicted molar refractivity (Wildman–Crippen MR) is 134 cm³/mol. The van der Waals surface area contributed by atoms with Crippen LogP contribution in [0.4, 0.5) is 0 Å². The molecule has 0 atom stereocenters. The monoisotopic (exact) mass is 449 g/mol. The van der Waals surface area contributed by atoms with Crippen molar-refractivity contribution in [3.05, 3.63) is 102 Å². The molecule has 2 amide bonds. The molecule has 4 N–H and O–H groups in total. The second kappa shape index (κ2) is 8.41. The van der Waals surface area contributed by atoms with Crippen molar-refractivity contribution >= 4 is 33.6 Å². The minimum atomic E-state index is -0.473. The molecular formula is C28H23N3O3.